The van der Waals surface area contributed by atoms with Crippen LogP contribution in [0.15, 0.2) is 103 Å². The first-order chi connectivity index (χ1) is 27.6. The Bertz CT molecular complexity index is 2710. The first kappa shape index (κ1) is 42.9. The summed E-state index contributed by atoms with van der Waals surface area (Å²) in [4.78, 5) is 5.11. The summed E-state index contributed by atoms with van der Waals surface area (Å²) in [6.45, 7) is 38.6. The molecule has 0 atom stereocenters. The maximum absolute atomic E-state index is 7.15. The number of hydrogen-bond donors (Lipinski definition) is 0. The molecule has 0 bridgehead atoms. The van der Waals surface area contributed by atoms with Crippen molar-refractivity contribution in [1.82, 2.24) is 19.3 Å². The molecule has 0 aliphatic heterocycles. The number of rotatable bonds is 6. The van der Waals surface area contributed by atoms with Gasteiger partial charge in [-0.3, -0.25) is 4.57 Å². The first-order valence-electron chi connectivity index (χ1n) is 21.7. The number of pyridine rings is 1. The second kappa shape index (κ2) is 14.5. The van der Waals surface area contributed by atoms with Crippen LogP contribution in [0.2, 0.25) is 0 Å². The lowest BCUT2D eigenvalue weighted by Gasteiger charge is -2.26. The van der Waals surface area contributed by atoms with Crippen molar-refractivity contribution in [3.8, 4) is 23.0 Å². The molecule has 7 aromatic rings. The molecule has 0 saturated heterocycles. The average molecular weight is 801 g/mol. The summed E-state index contributed by atoms with van der Waals surface area (Å²) in [6.07, 6.45) is 1.97. The van der Waals surface area contributed by atoms with E-state index in [9.17, 15) is 0 Å². The second-order valence-electron chi connectivity index (χ2n) is 22.7. The molecule has 314 valence electrons. The lowest BCUT2D eigenvalue weighted by molar-refractivity contribution is 0.474. The number of ether oxygens (including phenoxy) is 1. The fourth-order valence-electron chi connectivity index (χ4n) is 8.25. The van der Waals surface area contributed by atoms with Gasteiger partial charge in [0, 0.05) is 51.0 Å². The van der Waals surface area contributed by atoms with Crippen LogP contribution in [0, 0.1) is 0 Å². The van der Waals surface area contributed by atoms with E-state index in [0.717, 1.165) is 39.7 Å². The van der Waals surface area contributed by atoms with Gasteiger partial charge < -0.3 is 4.74 Å². The van der Waals surface area contributed by atoms with Gasteiger partial charge in [0.1, 0.15) is 17.3 Å². The van der Waals surface area contributed by atoms with Crippen molar-refractivity contribution in [1.29, 1.82) is 0 Å². The van der Waals surface area contributed by atoms with Crippen LogP contribution >= 0.6 is 0 Å². The lowest BCUT2D eigenvalue weighted by Crippen LogP contribution is -2.19. The van der Waals surface area contributed by atoms with Crippen LogP contribution in [0.1, 0.15) is 157 Å². The van der Waals surface area contributed by atoms with E-state index in [1.807, 2.05) is 6.20 Å². The van der Waals surface area contributed by atoms with Crippen LogP contribution in [-0.2, 0) is 32.5 Å². The van der Waals surface area contributed by atoms with Gasteiger partial charge >= 0.3 is 0 Å². The quantitative estimate of drug-likeness (QED) is 0.168. The summed E-state index contributed by atoms with van der Waals surface area (Å²) in [7, 11) is 0. The molecule has 0 fully saturated rings. The van der Waals surface area contributed by atoms with Gasteiger partial charge in [-0.25, -0.2) is 9.67 Å². The molecule has 0 unspecified atom stereocenters. The minimum atomic E-state index is -0.229. The normalized spacial score (nSPS) is 13.4. The fourth-order valence-corrected chi connectivity index (χ4v) is 8.25. The predicted molar refractivity (Wildman–Crippen MR) is 254 cm³/mol. The summed E-state index contributed by atoms with van der Waals surface area (Å²) >= 11 is 0. The van der Waals surface area contributed by atoms with Crippen molar-refractivity contribution in [2.24, 2.45) is 0 Å². The van der Waals surface area contributed by atoms with E-state index in [1.54, 1.807) is 0 Å². The van der Waals surface area contributed by atoms with Crippen LogP contribution in [0.5, 0.6) is 11.5 Å². The monoisotopic (exact) mass is 801 g/mol. The van der Waals surface area contributed by atoms with E-state index < -0.39 is 0 Å². The molecular formula is C55H68N4O. The molecule has 4 aromatic carbocycles. The van der Waals surface area contributed by atoms with Gasteiger partial charge in [-0.2, -0.15) is 5.10 Å². The molecule has 3 heterocycles. The van der Waals surface area contributed by atoms with Crippen LogP contribution in [0.25, 0.3) is 33.3 Å². The summed E-state index contributed by atoms with van der Waals surface area (Å²) in [5.74, 6) is 2.46. The number of aromatic nitrogens is 4. The third kappa shape index (κ3) is 8.17. The van der Waals surface area contributed by atoms with Crippen LogP contribution in [0.4, 0.5) is 0 Å². The standard InChI is InChI=1S/C55H68N4O/c1-50(2,3)36-23-24-44-42(29-36)49-43(52(7,8)9)32-41(33-45(49)58(44)48-30-37(25-26-56-48)55(16,17)35-21-19-18-20-22-35)60-40-28-38(51(4,5)6)27-39(31-40)59-47(54(13,14)15)34-46(57-59)53(10,11)12/h18-34H,1-17H3. The van der Waals surface area contributed by atoms with Crippen molar-refractivity contribution >= 4 is 21.8 Å². The van der Waals surface area contributed by atoms with Crippen LogP contribution < -0.4 is 4.74 Å². The molecule has 0 saturated carbocycles. The van der Waals surface area contributed by atoms with Crippen molar-refractivity contribution in [3.05, 3.63) is 142 Å². The first-order valence-corrected chi connectivity index (χ1v) is 21.7. The van der Waals surface area contributed by atoms with Gasteiger partial charge in [-0.1, -0.05) is 154 Å². The smallest absolute Gasteiger partial charge is 0.137 e. The topological polar surface area (TPSA) is 44.9 Å². The predicted octanol–water partition coefficient (Wildman–Crippen LogP) is 15.0. The molecule has 5 nitrogen and oxygen atoms in total. The van der Waals surface area contributed by atoms with E-state index in [0.29, 0.717) is 0 Å². The molecule has 0 radical (unpaired) electrons. The van der Waals surface area contributed by atoms with Gasteiger partial charge in [-0.15, -0.1) is 0 Å². The van der Waals surface area contributed by atoms with Crippen LogP contribution in [0.3, 0.4) is 0 Å². The molecule has 0 aliphatic rings. The molecule has 0 spiro atoms. The van der Waals surface area contributed by atoms with Gasteiger partial charge in [0.2, 0.25) is 0 Å². The molecule has 0 amide bonds. The average Bonchev–Trinajstić information content (AvgIpc) is 3.75. The molecule has 60 heavy (non-hydrogen) atoms. The fraction of sp³-hybridized carbons (Fsp3) is 0.418. The van der Waals surface area contributed by atoms with Gasteiger partial charge in [0.25, 0.3) is 0 Å². The van der Waals surface area contributed by atoms with E-state index in [2.05, 4.69) is 224 Å². The molecule has 7 rings (SSSR count). The Balaban J connectivity index is 1.49. The zero-order valence-electron chi connectivity index (χ0n) is 39.5. The Morgan fingerprint density at radius 3 is 1.73 bits per heavy atom. The third-order valence-electron chi connectivity index (χ3n) is 12.2. The van der Waals surface area contributed by atoms with Gasteiger partial charge in [0.15, 0.2) is 0 Å². The SMILES string of the molecule is CC(C)(C)c1cc(Oc2cc(C(C)(C)C)c3c4cc(C(C)(C)C)ccc4n(-c4cc(C(C)(C)c5ccccc5)ccn4)c3c2)cc(-n2nc(C(C)(C)C)cc2C(C)(C)C)c1. The third-order valence-corrected chi connectivity index (χ3v) is 12.2. The summed E-state index contributed by atoms with van der Waals surface area (Å²) in [5, 5.41) is 7.72. The van der Waals surface area contributed by atoms with Crippen molar-refractivity contribution in [3.63, 3.8) is 0 Å². The number of benzene rings is 4. The number of fused-ring (bicyclic) bond motifs is 3. The summed E-state index contributed by atoms with van der Waals surface area (Å²) < 4.78 is 11.6. The van der Waals surface area contributed by atoms with Crippen molar-refractivity contribution in [2.45, 2.75) is 150 Å². The largest absolute Gasteiger partial charge is 0.457 e. The summed E-state index contributed by atoms with van der Waals surface area (Å²) in [5.41, 5.74) is 10.8. The summed E-state index contributed by atoms with van der Waals surface area (Å²) in [6, 6.07) is 35.6. The van der Waals surface area contributed by atoms with E-state index in [1.165, 1.54) is 44.3 Å². The van der Waals surface area contributed by atoms with E-state index >= 15 is 0 Å². The van der Waals surface area contributed by atoms with Gasteiger partial charge in [-0.05, 0) is 92.6 Å². The maximum atomic E-state index is 7.15. The Hall–Kier alpha value is -5.16. The molecule has 3 aromatic heterocycles. The van der Waals surface area contributed by atoms with Crippen molar-refractivity contribution in [2.75, 3.05) is 0 Å². The minimum absolute atomic E-state index is 0.0176. The maximum Gasteiger partial charge on any atom is 0.137 e. The zero-order valence-corrected chi connectivity index (χ0v) is 39.5. The highest BCUT2D eigenvalue weighted by Gasteiger charge is 2.30. The highest BCUT2D eigenvalue weighted by atomic mass is 16.5. The highest BCUT2D eigenvalue weighted by Crippen LogP contribution is 2.44. The molecular weight excluding hydrogens is 733 g/mol. The van der Waals surface area contributed by atoms with Gasteiger partial charge in [0.05, 0.1) is 22.4 Å². The minimum Gasteiger partial charge on any atom is -0.457 e. The Morgan fingerprint density at radius 1 is 0.483 bits per heavy atom. The van der Waals surface area contributed by atoms with Crippen LogP contribution in [-0.4, -0.2) is 19.3 Å². The molecule has 0 N–H and O–H groups in total. The van der Waals surface area contributed by atoms with E-state index in [4.69, 9.17) is 14.8 Å². The van der Waals surface area contributed by atoms with E-state index in [-0.39, 0.29) is 32.5 Å². The molecule has 5 heteroatoms. The lowest BCUT2D eigenvalue weighted by atomic mass is 9.78. The second-order valence-corrected chi connectivity index (χ2v) is 22.7. The van der Waals surface area contributed by atoms with Crippen molar-refractivity contribution < 1.29 is 4.74 Å². The highest BCUT2D eigenvalue weighted by molar-refractivity contribution is 6.12. The Labute approximate surface area is 360 Å². The Kier molecular flexibility index (Phi) is 10.4. The number of nitrogens with zero attached hydrogens (tertiary/aromatic N) is 4. The number of hydrogen-bond acceptors (Lipinski definition) is 3. The Morgan fingerprint density at radius 2 is 1.13 bits per heavy atom. The zero-order chi connectivity index (χ0) is 44.0. The molecule has 0 aliphatic carbocycles.